The second-order valence-electron chi connectivity index (χ2n) is 6.95. The SMILES string of the molecule is CC(C)(C)C(CCc1ccc2ccccc2c1)(C(=O)O)C(=O)O. The topological polar surface area (TPSA) is 74.6 Å². The number of aliphatic carboxylic acids is 2. The summed E-state index contributed by atoms with van der Waals surface area (Å²) in [5, 5.41) is 21.4. The third-order valence-corrected chi connectivity index (χ3v) is 4.61. The normalized spacial score (nSPS) is 12.3. The van der Waals surface area contributed by atoms with Crippen LogP contribution in [0, 0.1) is 10.8 Å². The lowest BCUT2D eigenvalue weighted by molar-refractivity contribution is -0.174. The third kappa shape index (κ3) is 3.07. The molecule has 2 rings (SSSR count). The fourth-order valence-electron chi connectivity index (χ4n) is 3.05. The Morgan fingerprint density at radius 3 is 2.00 bits per heavy atom. The van der Waals surface area contributed by atoms with Gasteiger partial charge >= 0.3 is 11.9 Å². The predicted molar refractivity (Wildman–Crippen MR) is 89.4 cm³/mol. The molecule has 122 valence electrons. The van der Waals surface area contributed by atoms with Gasteiger partial charge < -0.3 is 10.2 Å². The van der Waals surface area contributed by atoms with E-state index in [1.165, 1.54) is 0 Å². The number of hydrogen-bond donors (Lipinski definition) is 2. The first-order valence-electron chi connectivity index (χ1n) is 7.63. The fraction of sp³-hybridized carbons (Fsp3) is 0.368. The van der Waals surface area contributed by atoms with Crippen molar-refractivity contribution in [1.82, 2.24) is 0 Å². The standard InChI is InChI=1S/C19H22O4/c1-18(2,3)19(16(20)21,17(22)23)11-10-13-8-9-14-6-4-5-7-15(14)12-13/h4-9,12H,10-11H2,1-3H3,(H,20,21)(H,22,23). The van der Waals surface area contributed by atoms with Crippen LogP contribution in [0.1, 0.15) is 32.8 Å². The number of aryl methyl sites for hydroxylation is 1. The van der Waals surface area contributed by atoms with Crippen LogP contribution in [0.3, 0.4) is 0 Å². The Hall–Kier alpha value is -2.36. The Morgan fingerprint density at radius 1 is 0.913 bits per heavy atom. The molecule has 0 amide bonds. The minimum Gasteiger partial charge on any atom is -0.480 e. The Morgan fingerprint density at radius 2 is 1.48 bits per heavy atom. The Kier molecular flexibility index (Phi) is 4.46. The summed E-state index contributed by atoms with van der Waals surface area (Å²) in [4.78, 5) is 23.5. The first-order chi connectivity index (χ1) is 10.7. The average Bonchev–Trinajstić information content (AvgIpc) is 2.45. The molecule has 23 heavy (non-hydrogen) atoms. The van der Waals surface area contributed by atoms with Gasteiger partial charge in [0, 0.05) is 0 Å². The Labute approximate surface area is 135 Å². The molecule has 0 heterocycles. The van der Waals surface area contributed by atoms with E-state index in [9.17, 15) is 19.8 Å². The second-order valence-corrected chi connectivity index (χ2v) is 6.95. The van der Waals surface area contributed by atoms with E-state index < -0.39 is 22.8 Å². The van der Waals surface area contributed by atoms with E-state index in [4.69, 9.17) is 0 Å². The zero-order valence-corrected chi connectivity index (χ0v) is 13.7. The van der Waals surface area contributed by atoms with Gasteiger partial charge in [-0.25, -0.2) is 0 Å². The van der Waals surface area contributed by atoms with Gasteiger partial charge in [-0.1, -0.05) is 63.2 Å². The van der Waals surface area contributed by atoms with Crippen LogP contribution in [-0.2, 0) is 16.0 Å². The van der Waals surface area contributed by atoms with Crippen molar-refractivity contribution in [3.8, 4) is 0 Å². The van der Waals surface area contributed by atoms with Crippen LogP contribution in [0.25, 0.3) is 10.8 Å². The summed E-state index contributed by atoms with van der Waals surface area (Å²) in [6, 6.07) is 13.8. The number of carbonyl (C=O) groups is 2. The molecule has 0 unspecified atom stereocenters. The molecule has 0 aliphatic carbocycles. The van der Waals surface area contributed by atoms with E-state index in [0.29, 0.717) is 6.42 Å². The first-order valence-corrected chi connectivity index (χ1v) is 7.63. The van der Waals surface area contributed by atoms with Crippen molar-refractivity contribution in [3.63, 3.8) is 0 Å². The maximum Gasteiger partial charge on any atom is 0.321 e. The summed E-state index contributed by atoms with van der Waals surface area (Å²) >= 11 is 0. The molecule has 0 fully saturated rings. The Bertz CT molecular complexity index is 726. The van der Waals surface area contributed by atoms with Crippen molar-refractivity contribution >= 4 is 22.7 Å². The molecule has 2 aromatic rings. The first kappa shape index (κ1) is 17.0. The van der Waals surface area contributed by atoms with Gasteiger partial charge in [0.05, 0.1) is 0 Å². The quantitative estimate of drug-likeness (QED) is 0.819. The summed E-state index contributed by atoms with van der Waals surface area (Å²) in [5.74, 6) is -2.56. The molecule has 4 nitrogen and oxygen atoms in total. The highest BCUT2D eigenvalue weighted by Gasteiger charge is 2.55. The number of benzene rings is 2. The summed E-state index contributed by atoms with van der Waals surface area (Å²) in [5.41, 5.74) is -1.75. The molecular weight excluding hydrogens is 292 g/mol. The van der Waals surface area contributed by atoms with Gasteiger partial charge in [-0.05, 0) is 34.6 Å². The van der Waals surface area contributed by atoms with Crippen LogP contribution in [0.4, 0.5) is 0 Å². The van der Waals surface area contributed by atoms with E-state index in [1.54, 1.807) is 20.8 Å². The molecule has 0 saturated carbocycles. The molecule has 0 atom stereocenters. The minimum absolute atomic E-state index is 0.0551. The van der Waals surface area contributed by atoms with E-state index >= 15 is 0 Å². The zero-order valence-electron chi connectivity index (χ0n) is 13.7. The number of fused-ring (bicyclic) bond motifs is 1. The number of carboxylic acids is 2. The van der Waals surface area contributed by atoms with Gasteiger partial charge in [0.25, 0.3) is 0 Å². The molecule has 0 aliphatic rings. The van der Waals surface area contributed by atoms with Crippen molar-refractivity contribution in [2.75, 3.05) is 0 Å². The van der Waals surface area contributed by atoms with Crippen molar-refractivity contribution < 1.29 is 19.8 Å². The van der Waals surface area contributed by atoms with Crippen LogP contribution >= 0.6 is 0 Å². The molecule has 0 saturated heterocycles. The van der Waals surface area contributed by atoms with Crippen LogP contribution < -0.4 is 0 Å². The Balaban J connectivity index is 2.33. The monoisotopic (exact) mass is 314 g/mol. The van der Waals surface area contributed by atoms with Gasteiger partial charge in [0.2, 0.25) is 0 Å². The van der Waals surface area contributed by atoms with E-state index in [1.807, 2.05) is 42.5 Å². The second kappa shape index (κ2) is 6.03. The van der Waals surface area contributed by atoms with Gasteiger partial charge in [0.15, 0.2) is 5.41 Å². The molecule has 2 N–H and O–H groups in total. The third-order valence-electron chi connectivity index (χ3n) is 4.61. The summed E-state index contributed by atoms with van der Waals surface area (Å²) in [7, 11) is 0. The lowest BCUT2D eigenvalue weighted by Gasteiger charge is -2.37. The van der Waals surface area contributed by atoms with Gasteiger partial charge in [-0.15, -0.1) is 0 Å². The molecule has 0 bridgehead atoms. The lowest BCUT2D eigenvalue weighted by atomic mass is 9.63. The van der Waals surface area contributed by atoms with E-state index in [0.717, 1.165) is 16.3 Å². The van der Waals surface area contributed by atoms with Crippen LogP contribution in [-0.4, -0.2) is 22.2 Å². The van der Waals surface area contributed by atoms with Crippen LogP contribution in [0.2, 0.25) is 0 Å². The van der Waals surface area contributed by atoms with E-state index in [-0.39, 0.29) is 6.42 Å². The molecule has 2 aromatic carbocycles. The zero-order chi connectivity index (χ0) is 17.3. The highest BCUT2D eigenvalue weighted by Crippen LogP contribution is 2.43. The van der Waals surface area contributed by atoms with Crippen molar-refractivity contribution in [2.24, 2.45) is 10.8 Å². The number of hydrogen-bond acceptors (Lipinski definition) is 2. The largest absolute Gasteiger partial charge is 0.480 e. The van der Waals surface area contributed by atoms with E-state index in [2.05, 4.69) is 0 Å². The van der Waals surface area contributed by atoms with Crippen LogP contribution in [0.5, 0.6) is 0 Å². The lowest BCUT2D eigenvalue weighted by Crippen LogP contribution is -2.49. The maximum absolute atomic E-state index is 11.8. The number of rotatable bonds is 5. The highest BCUT2D eigenvalue weighted by atomic mass is 16.4. The molecule has 0 aliphatic heterocycles. The summed E-state index contributed by atoms with van der Waals surface area (Å²) in [6.07, 6.45) is 0.459. The molecule has 0 aromatic heterocycles. The van der Waals surface area contributed by atoms with Gasteiger partial charge in [0.1, 0.15) is 0 Å². The highest BCUT2D eigenvalue weighted by molar-refractivity contribution is 5.99. The van der Waals surface area contributed by atoms with Crippen LogP contribution in [0.15, 0.2) is 42.5 Å². The van der Waals surface area contributed by atoms with Crippen molar-refractivity contribution in [2.45, 2.75) is 33.6 Å². The molecule has 0 spiro atoms. The van der Waals surface area contributed by atoms with Gasteiger partial charge in [-0.3, -0.25) is 9.59 Å². The molecular formula is C19H22O4. The summed E-state index contributed by atoms with van der Waals surface area (Å²) in [6.45, 7) is 4.99. The fourth-order valence-corrected chi connectivity index (χ4v) is 3.05. The minimum atomic E-state index is -1.81. The van der Waals surface area contributed by atoms with Crippen molar-refractivity contribution in [3.05, 3.63) is 48.0 Å². The summed E-state index contributed by atoms with van der Waals surface area (Å²) < 4.78 is 0. The number of carboxylic acid groups (broad SMARTS) is 2. The van der Waals surface area contributed by atoms with Gasteiger partial charge in [-0.2, -0.15) is 0 Å². The average molecular weight is 314 g/mol. The van der Waals surface area contributed by atoms with Crippen molar-refractivity contribution in [1.29, 1.82) is 0 Å². The molecule has 0 radical (unpaired) electrons. The molecule has 4 heteroatoms. The predicted octanol–water partition coefficient (Wildman–Crippen LogP) is 3.97. The maximum atomic E-state index is 11.8. The smallest absolute Gasteiger partial charge is 0.321 e.